The van der Waals surface area contributed by atoms with Gasteiger partial charge in [0.1, 0.15) is 5.82 Å². The molecular weight excluding hydrogens is 215 g/mol. The second-order valence-corrected chi connectivity index (χ2v) is 4.05. The van der Waals surface area contributed by atoms with Gasteiger partial charge in [-0.3, -0.25) is 0 Å². The molecule has 0 amide bonds. The summed E-state index contributed by atoms with van der Waals surface area (Å²) in [6, 6.07) is 10.6. The third-order valence-corrected chi connectivity index (χ3v) is 2.87. The molecule has 0 saturated carbocycles. The highest BCUT2D eigenvalue weighted by Gasteiger charge is 2.10. The molecule has 0 fully saturated rings. The number of hydrogen-bond acceptors (Lipinski definition) is 1. The minimum Gasteiger partial charge on any atom is -0.318 e. The quantitative estimate of drug-likeness (QED) is 0.775. The van der Waals surface area contributed by atoms with Crippen molar-refractivity contribution in [3.05, 3.63) is 53.1 Å². The number of aromatic nitrogens is 1. The summed E-state index contributed by atoms with van der Waals surface area (Å²) in [7, 11) is 0. The van der Waals surface area contributed by atoms with Crippen LogP contribution in [0.3, 0.4) is 0 Å². The van der Waals surface area contributed by atoms with Crippen molar-refractivity contribution >= 4 is 0 Å². The Bertz CT molecular complexity index is 591. The normalized spacial score (nSPS) is 10.2. The molecule has 0 radical (unpaired) electrons. The maximum atomic E-state index is 13.2. The third kappa shape index (κ3) is 2.07. The lowest BCUT2D eigenvalue weighted by molar-refractivity contribution is 0.626. The molecule has 0 N–H and O–H groups in total. The van der Waals surface area contributed by atoms with E-state index < -0.39 is 0 Å². The summed E-state index contributed by atoms with van der Waals surface area (Å²) in [5.74, 6) is -0.253. The number of rotatable bonds is 2. The molecule has 2 aromatic rings. The smallest absolute Gasteiger partial charge is 0.125 e. The molecule has 1 aromatic carbocycles. The van der Waals surface area contributed by atoms with Gasteiger partial charge in [-0.15, -0.1) is 0 Å². The van der Waals surface area contributed by atoms with Crippen LogP contribution in [0.25, 0.3) is 5.69 Å². The van der Waals surface area contributed by atoms with E-state index in [1.807, 2.05) is 30.5 Å². The number of hydrogen-bond donors (Lipinski definition) is 0. The minimum absolute atomic E-state index is 0.253. The largest absolute Gasteiger partial charge is 0.318 e. The van der Waals surface area contributed by atoms with E-state index in [1.165, 1.54) is 12.1 Å². The Labute approximate surface area is 99.9 Å². The van der Waals surface area contributed by atoms with Crippen LogP contribution in [0.15, 0.2) is 30.3 Å². The molecule has 0 saturated heterocycles. The highest BCUT2D eigenvalue weighted by atomic mass is 19.1. The van der Waals surface area contributed by atoms with Gasteiger partial charge < -0.3 is 4.57 Å². The van der Waals surface area contributed by atoms with Crippen LogP contribution in [0.5, 0.6) is 0 Å². The first-order valence-electron chi connectivity index (χ1n) is 5.44. The van der Waals surface area contributed by atoms with Crippen molar-refractivity contribution in [3.8, 4) is 11.8 Å². The highest BCUT2D eigenvalue weighted by Crippen LogP contribution is 2.21. The zero-order valence-electron chi connectivity index (χ0n) is 9.87. The fourth-order valence-corrected chi connectivity index (χ4v) is 2.11. The van der Waals surface area contributed by atoms with Gasteiger partial charge >= 0.3 is 0 Å². The van der Waals surface area contributed by atoms with Gasteiger partial charge in [0.15, 0.2) is 0 Å². The lowest BCUT2D eigenvalue weighted by atomic mass is 10.2. The second kappa shape index (κ2) is 4.42. The number of halogens is 1. The molecule has 86 valence electrons. The number of aryl methyl sites for hydroxylation is 1. The molecule has 1 aromatic heterocycles. The Morgan fingerprint density at radius 3 is 2.71 bits per heavy atom. The van der Waals surface area contributed by atoms with Crippen molar-refractivity contribution < 1.29 is 4.39 Å². The molecule has 17 heavy (non-hydrogen) atoms. The van der Waals surface area contributed by atoms with Crippen LogP contribution in [0.2, 0.25) is 0 Å². The van der Waals surface area contributed by atoms with Gasteiger partial charge in [0, 0.05) is 17.1 Å². The maximum absolute atomic E-state index is 13.2. The topological polar surface area (TPSA) is 28.7 Å². The van der Waals surface area contributed by atoms with Crippen LogP contribution in [-0.2, 0) is 6.42 Å². The van der Waals surface area contributed by atoms with Crippen LogP contribution in [0.4, 0.5) is 4.39 Å². The van der Waals surface area contributed by atoms with E-state index >= 15 is 0 Å². The molecule has 2 nitrogen and oxygen atoms in total. The van der Waals surface area contributed by atoms with E-state index in [-0.39, 0.29) is 5.82 Å². The lowest BCUT2D eigenvalue weighted by Gasteiger charge is -2.09. The van der Waals surface area contributed by atoms with E-state index in [0.29, 0.717) is 6.42 Å². The van der Waals surface area contributed by atoms with Gasteiger partial charge in [-0.2, -0.15) is 5.26 Å². The van der Waals surface area contributed by atoms with Crippen LogP contribution in [0.1, 0.15) is 17.0 Å². The Kier molecular flexibility index (Phi) is 2.97. The molecule has 0 aliphatic rings. The summed E-state index contributed by atoms with van der Waals surface area (Å²) < 4.78 is 15.2. The molecule has 0 aliphatic heterocycles. The van der Waals surface area contributed by atoms with Crippen LogP contribution in [-0.4, -0.2) is 4.57 Å². The van der Waals surface area contributed by atoms with Gasteiger partial charge in [-0.25, -0.2) is 4.39 Å². The van der Waals surface area contributed by atoms with Crippen molar-refractivity contribution in [2.45, 2.75) is 20.3 Å². The van der Waals surface area contributed by atoms with E-state index in [9.17, 15) is 4.39 Å². The second-order valence-electron chi connectivity index (χ2n) is 4.05. The van der Waals surface area contributed by atoms with E-state index in [1.54, 1.807) is 6.07 Å². The van der Waals surface area contributed by atoms with Gasteiger partial charge in [0.25, 0.3) is 0 Å². The number of nitriles is 1. The van der Waals surface area contributed by atoms with Crippen LogP contribution >= 0.6 is 0 Å². The predicted octanol–water partition coefficient (Wildman–Crippen LogP) is 3.30. The average Bonchev–Trinajstić information content (AvgIpc) is 2.55. The number of benzene rings is 1. The Morgan fingerprint density at radius 2 is 2.06 bits per heavy atom. The molecule has 0 spiro atoms. The predicted molar refractivity (Wildman–Crippen MR) is 64.5 cm³/mol. The average molecular weight is 228 g/mol. The molecule has 0 aliphatic carbocycles. The highest BCUT2D eigenvalue weighted by molar-refractivity contribution is 5.41. The zero-order chi connectivity index (χ0) is 12.4. The molecule has 0 atom stereocenters. The third-order valence-electron chi connectivity index (χ3n) is 2.87. The molecule has 3 heteroatoms. The Balaban J connectivity index is 2.56. The van der Waals surface area contributed by atoms with E-state index in [2.05, 4.69) is 6.07 Å². The standard InChI is InChI=1S/C14H13FN2/c1-10-8-12(6-7-16)11(2)17(10)14-5-3-4-13(15)9-14/h3-5,8-9H,6H2,1-2H3. The van der Waals surface area contributed by atoms with Gasteiger partial charge in [0.2, 0.25) is 0 Å². The fourth-order valence-electron chi connectivity index (χ4n) is 2.11. The summed E-state index contributed by atoms with van der Waals surface area (Å²) in [6.45, 7) is 3.91. The lowest BCUT2D eigenvalue weighted by Crippen LogP contribution is -1.99. The SMILES string of the molecule is Cc1cc(CC#N)c(C)n1-c1cccc(F)c1. The van der Waals surface area contributed by atoms with Crippen LogP contribution < -0.4 is 0 Å². The molecule has 2 rings (SSSR count). The summed E-state index contributed by atoms with van der Waals surface area (Å²) in [6.07, 6.45) is 0.384. The molecule has 0 bridgehead atoms. The van der Waals surface area contributed by atoms with Crippen molar-refractivity contribution in [1.82, 2.24) is 4.57 Å². The first-order valence-corrected chi connectivity index (χ1v) is 5.44. The molecule has 1 heterocycles. The Morgan fingerprint density at radius 1 is 1.29 bits per heavy atom. The van der Waals surface area contributed by atoms with E-state index in [0.717, 1.165) is 22.6 Å². The first-order chi connectivity index (χ1) is 8.13. The summed E-state index contributed by atoms with van der Waals surface area (Å²) in [4.78, 5) is 0. The Hall–Kier alpha value is -2.08. The number of nitrogens with zero attached hydrogens (tertiary/aromatic N) is 2. The zero-order valence-corrected chi connectivity index (χ0v) is 9.87. The summed E-state index contributed by atoms with van der Waals surface area (Å²) in [5.41, 5.74) is 3.80. The van der Waals surface area contributed by atoms with Crippen molar-refractivity contribution in [3.63, 3.8) is 0 Å². The van der Waals surface area contributed by atoms with Gasteiger partial charge in [-0.05, 0) is 43.7 Å². The minimum atomic E-state index is -0.253. The van der Waals surface area contributed by atoms with Gasteiger partial charge in [0.05, 0.1) is 12.5 Å². The maximum Gasteiger partial charge on any atom is 0.125 e. The monoisotopic (exact) mass is 228 g/mol. The first kappa shape index (κ1) is 11.4. The van der Waals surface area contributed by atoms with E-state index in [4.69, 9.17) is 5.26 Å². The van der Waals surface area contributed by atoms with Crippen molar-refractivity contribution in [1.29, 1.82) is 5.26 Å². The van der Waals surface area contributed by atoms with Crippen molar-refractivity contribution in [2.75, 3.05) is 0 Å². The summed E-state index contributed by atoms with van der Waals surface area (Å²) in [5, 5.41) is 8.74. The van der Waals surface area contributed by atoms with Crippen molar-refractivity contribution in [2.24, 2.45) is 0 Å². The molecule has 0 unspecified atom stereocenters. The van der Waals surface area contributed by atoms with Gasteiger partial charge in [-0.1, -0.05) is 6.07 Å². The van der Waals surface area contributed by atoms with Crippen LogP contribution in [0, 0.1) is 31.0 Å². The fraction of sp³-hybridized carbons (Fsp3) is 0.214. The molecular formula is C14H13FN2. The summed E-state index contributed by atoms with van der Waals surface area (Å²) >= 11 is 0.